The van der Waals surface area contributed by atoms with E-state index < -0.39 is 0 Å². The van der Waals surface area contributed by atoms with Crippen molar-refractivity contribution in [3.63, 3.8) is 0 Å². The van der Waals surface area contributed by atoms with Gasteiger partial charge >= 0.3 is 0 Å². The number of aromatic nitrogens is 2. The summed E-state index contributed by atoms with van der Waals surface area (Å²) in [6, 6.07) is 21.6. The van der Waals surface area contributed by atoms with E-state index in [2.05, 4.69) is 63.4 Å². The molecule has 3 heterocycles. The number of rotatable bonds is 7. The molecule has 2 fully saturated rings. The van der Waals surface area contributed by atoms with Crippen molar-refractivity contribution in [1.82, 2.24) is 9.55 Å². The lowest BCUT2D eigenvalue weighted by Crippen LogP contribution is -2.25. The highest BCUT2D eigenvalue weighted by Crippen LogP contribution is 2.43. The second-order valence-corrected chi connectivity index (χ2v) is 9.69. The molecule has 1 aliphatic carbocycles. The molecule has 4 aromatic rings. The number of ether oxygens (including phenoxy) is 2. The fourth-order valence-electron chi connectivity index (χ4n) is 5.22. The van der Waals surface area contributed by atoms with Crippen LogP contribution in [-0.2, 0) is 11.3 Å². The number of fused-ring (bicyclic) bond motifs is 1. The number of benzene rings is 2. The SMILES string of the molecule is N#Cc1c(-c2ccc(NCc3cccnc3)cc2)n(C2CCC2)c2cc(OC3CCOCC3)ccc12. The highest BCUT2D eigenvalue weighted by Gasteiger charge is 2.28. The van der Waals surface area contributed by atoms with E-state index in [4.69, 9.17) is 9.47 Å². The Morgan fingerprint density at radius 2 is 1.89 bits per heavy atom. The van der Waals surface area contributed by atoms with Crippen molar-refractivity contribution in [3.05, 3.63) is 78.1 Å². The summed E-state index contributed by atoms with van der Waals surface area (Å²) in [5, 5.41) is 14.7. The van der Waals surface area contributed by atoms with Crippen LogP contribution in [0.5, 0.6) is 5.75 Å². The number of nitrogens with one attached hydrogen (secondary N) is 1. The third-order valence-electron chi connectivity index (χ3n) is 7.38. The van der Waals surface area contributed by atoms with Crippen molar-refractivity contribution in [2.45, 2.75) is 50.8 Å². The Labute approximate surface area is 211 Å². The Kier molecular flexibility index (Phi) is 6.31. The standard InChI is InChI=1S/C30H30N4O2/c31-18-28-27-11-10-26(36-25-12-15-35-16-13-25)17-29(27)34(24-4-1-5-24)30(28)22-6-8-23(9-7-22)33-20-21-3-2-14-32-19-21/h2-3,6-11,14,17,19,24-25,33H,1,4-5,12-13,15-16,20H2. The molecule has 0 radical (unpaired) electrons. The number of anilines is 1. The fourth-order valence-corrected chi connectivity index (χ4v) is 5.22. The van der Waals surface area contributed by atoms with Gasteiger partial charge in [0.15, 0.2) is 0 Å². The molecular weight excluding hydrogens is 448 g/mol. The van der Waals surface area contributed by atoms with Crippen LogP contribution in [0.25, 0.3) is 22.2 Å². The van der Waals surface area contributed by atoms with Gasteiger partial charge in [0.05, 0.1) is 30.0 Å². The molecule has 1 N–H and O–H groups in total. The second kappa shape index (κ2) is 10.0. The van der Waals surface area contributed by atoms with Crippen LogP contribution in [0, 0.1) is 11.3 Å². The van der Waals surface area contributed by atoms with E-state index in [0.717, 1.165) is 90.2 Å². The fraction of sp³-hybridized carbons (Fsp3) is 0.333. The van der Waals surface area contributed by atoms with Gasteiger partial charge in [-0.15, -0.1) is 0 Å². The van der Waals surface area contributed by atoms with Crippen molar-refractivity contribution in [2.75, 3.05) is 18.5 Å². The quantitative estimate of drug-likeness (QED) is 0.330. The van der Waals surface area contributed by atoms with Gasteiger partial charge in [-0.1, -0.05) is 18.2 Å². The Balaban J connectivity index is 1.34. The molecule has 2 aromatic carbocycles. The van der Waals surface area contributed by atoms with Gasteiger partial charge in [0.1, 0.15) is 17.9 Å². The lowest BCUT2D eigenvalue weighted by Gasteiger charge is -2.30. The minimum Gasteiger partial charge on any atom is -0.490 e. The summed E-state index contributed by atoms with van der Waals surface area (Å²) in [4.78, 5) is 4.18. The number of nitriles is 1. The first-order chi connectivity index (χ1) is 17.8. The zero-order chi connectivity index (χ0) is 24.3. The minimum absolute atomic E-state index is 0.185. The predicted molar refractivity (Wildman–Crippen MR) is 141 cm³/mol. The van der Waals surface area contributed by atoms with Crippen LogP contribution in [0.4, 0.5) is 5.69 Å². The molecule has 6 nitrogen and oxygen atoms in total. The first-order valence-electron chi connectivity index (χ1n) is 12.9. The number of hydrogen-bond donors (Lipinski definition) is 1. The van der Waals surface area contributed by atoms with Gasteiger partial charge in [0.2, 0.25) is 0 Å². The maximum absolute atomic E-state index is 10.2. The predicted octanol–water partition coefficient (Wildman–Crippen LogP) is 6.47. The number of pyridine rings is 1. The van der Waals surface area contributed by atoms with Crippen LogP contribution in [-0.4, -0.2) is 28.9 Å². The Morgan fingerprint density at radius 3 is 2.58 bits per heavy atom. The molecule has 0 amide bonds. The van der Waals surface area contributed by atoms with Crippen LogP contribution in [0.1, 0.15) is 49.3 Å². The maximum Gasteiger partial charge on any atom is 0.121 e. The molecule has 2 aliphatic rings. The summed E-state index contributed by atoms with van der Waals surface area (Å²) >= 11 is 0. The van der Waals surface area contributed by atoms with Crippen LogP contribution in [0.3, 0.4) is 0 Å². The first kappa shape index (κ1) is 22.6. The number of nitrogens with zero attached hydrogens (tertiary/aromatic N) is 3. The van der Waals surface area contributed by atoms with Gasteiger partial charge in [-0.05, 0) is 60.7 Å². The molecule has 1 aliphatic heterocycles. The molecule has 1 saturated heterocycles. The lowest BCUT2D eigenvalue weighted by molar-refractivity contribution is 0.0256. The zero-order valence-electron chi connectivity index (χ0n) is 20.3. The Hall–Kier alpha value is -3.82. The molecule has 0 bridgehead atoms. The van der Waals surface area contributed by atoms with Gasteiger partial charge in [0.25, 0.3) is 0 Å². The number of hydrogen-bond acceptors (Lipinski definition) is 5. The Morgan fingerprint density at radius 1 is 1.06 bits per heavy atom. The summed E-state index contributed by atoms with van der Waals surface area (Å²) in [7, 11) is 0. The molecule has 1 saturated carbocycles. The highest BCUT2D eigenvalue weighted by molar-refractivity contribution is 5.95. The third-order valence-corrected chi connectivity index (χ3v) is 7.38. The van der Waals surface area contributed by atoms with Gasteiger partial charge in [0, 0.05) is 55.0 Å². The molecule has 6 heteroatoms. The molecule has 0 spiro atoms. The lowest BCUT2D eigenvalue weighted by atomic mass is 9.92. The van der Waals surface area contributed by atoms with E-state index in [-0.39, 0.29) is 6.10 Å². The molecule has 2 aromatic heterocycles. The topological polar surface area (TPSA) is 72.1 Å². The van der Waals surface area contributed by atoms with Crippen molar-refractivity contribution in [3.8, 4) is 23.1 Å². The molecule has 6 rings (SSSR count). The maximum atomic E-state index is 10.2. The van der Waals surface area contributed by atoms with E-state index >= 15 is 0 Å². The second-order valence-electron chi connectivity index (χ2n) is 9.69. The van der Waals surface area contributed by atoms with Crippen molar-refractivity contribution >= 4 is 16.6 Å². The van der Waals surface area contributed by atoms with E-state index in [1.54, 1.807) is 6.20 Å². The smallest absolute Gasteiger partial charge is 0.121 e. The van der Waals surface area contributed by atoms with Gasteiger partial charge in [-0.3, -0.25) is 4.98 Å². The van der Waals surface area contributed by atoms with Crippen molar-refractivity contribution < 1.29 is 9.47 Å². The molecular formula is C30H30N4O2. The summed E-state index contributed by atoms with van der Waals surface area (Å²) in [6.07, 6.45) is 9.17. The molecule has 182 valence electrons. The van der Waals surface area contributed by atoms with Crippen molar-refractivity contribution in [2.24, 2.45) is 0 Å². The normalized spacial score (nSPS) is 16.4. The summed E-state index contributed by atoms with van der Waals surface area (Å²) in [5.41, 5.74) is 6.09. The summed E-state index contributed by atoms with van der Waals surface area (Å²) in [5.74, 6) is 0.874. The van der Waals surface area contributed by atoms with E-state index in [9.17, 15) is 5.26 Å². The third kappa shape index (κ3) is 4.43. The van der Waals surface area contributed by atoms with Crippen LogP contribution in [0.15, 0.2) is 67.0 Å². The molecule has 0 atom stereocenters. The Bertz CT molecular complexity index is 1380. The summed E-state index contributed by atoms with van der Waals surface area (Å²) < 4.78 is 14.2. The van der Waals surface area contributed by atoms with Crippen LogP contribution >= 0.6 is 0 Å². The van der Waals surface area contributed by atoms with Gasteiger partial charge < -0.3 is 19.4 Å². The minimum atomic E-state index is 0.185. The zero-order valence-corrected chi connectivity index (χ0v) is 20.3. The molecule has 36 heavy (non-hydrogen) atoms. The largest absolute Gasteiger partial charge is 0.490 e. The first-order valence-corrected chi connectivity index (χ1v) is 12.9. The monoisotopic (exact) mass is 478 g/mol. The van der Waals surface area contributed by atoms with E-state index in [1.165, 1.54) is 6.42 Å². The van der Waals surface area contributed by atoms with Crippen LogP contribution in [0.2, 0.25) is 0 Å². The van der Waals surface area contributed by atoms with E-state index in [0.29, 0.717) is 6.04 Å². The van der Waals surface area contributed by atoms with Gasteiger partial charge in [-0.2, -0.15) is 5.26 Å². The average molecular weight is 479 g/mol. The average Bonchev–Trinajstić information content (AvgIpc) is 3.21. The summed E-state index contributed by atoms with van der Waals surface area (Å²) in [6.45, 7) is 2.22. The molecule has 0 unspecified atom stereocenters. The van der Waals surface area contributed by atoms with Gasteiger partial charge in [-0.25, -0.2) is 0 Å². The van der Waals surface area contributed by atoms with Crippen LogP contribution < -0.4 is 10.1 Å². The van der Waals surface area contributed by atoms with E-state index in [1.807, 2.05) is 18.3 Å². The highest BCUT2D eigenvalue weighted by atomic mass is 16.5. The van der Waals surface area contributed by atoms with Crippen molar-refractivity contribution in [1.29, 1.82) is 5.26 Å².